The minimum absolute atomic E-state index is 0.272. The number of ether oxygens (including phenoxy) is 1. The lowest BCUT2D eigenvalue weighted by molar-refractivity contribution is -0.174. The maximum absolute atomic E-state index is 12.4. The van der Waals surface area contributed by atoms with Gasteiger partial charge in [0.15, 0.2) is 0 Å². The van der Waals surface area contributed by atoms with Crippen LogP contribution >= 0.6 is 11.6 Å². The summed E-state index contributed by atoms with van der Waals surface area (Å²) in [5, 5.41) is 16.1. The van der Waals surface area contributed by atoms with Gasteiger partial charge in [-0.1, -0.05) is 44.2 Å². The van der Waals surface area contributed by atoms with Crippen molar-refractivity contribution in [2.45, 2.75) is 39.3 Å². The lowest BCUT2D eigenvalue weighted by Gasteiger charge is -2.30. The maximum Gasteiger partial charge on any atom is 0.276 e. The molecule has 164 valence electrons. The zero-order valence-electron chi connectivity index (χ0n) is 17.8. The summed E-state index contributed by atoms with van der Waals surface area (Å²) in [6.07, 6.45) is -1.58. The summed E-state index contributed by atoms with van der Waals surface area (Å²) in [6, 6.07) is 5.98. The lowest BCUT2D eigenvalue weighted by Crippen LogP contribution is -2.53. The Labute approximate surface area is 181 Å². The summed E-state index contributed by atoms with van der Waals surface area (Å²) < 4.78 is 5.06. The van der Waals surface area contributed by atoms with E-state index >= 15 is 0 Å². The number of amides is 3. The van der Waals surface area contributed by atoms with Crippen LogP contribution in [0.3, 0.4) is 0 Å². The van der Waals surface area contributed by atoms with Crippen molar-refractivity contribution < 1.29 is 24.3 Å². The van der Waals surface area contributed by atoms with Crippen LogP contribution < -0.4 is 10.6 Å². The van der Waals surface area contributed by atoms with Gasteiger partial charge in [-0.05, 0) is 29.7 Å². The van der Waals surface area contributed by atoms with E-state index in [4.69, 9.17) is 16.3 Å². The predicted octanol–water partition coefficient (Wildman–Crippen LogP) is 1.59. The van der Waals surface area contributed by atoms with Crippen molar-refractivity contribution >= 4 is 29.3 Å². The first-order valence-electron chi connectivity index (χ1n) is 9.28. The number of likely N-dealkylation sites (N-methyl/N-ethyl adjacent to an activating group) is 1. The number of hydrogen-bond donors (Lipinski definition) is 3. The van der Waals surface area contributed by atoms with Crippen molar-refractivity contribution in [3.63, 3.8) is 0 Å². The minimum Gasteiger partial charge on any atom is -0.371 e. The van der Waals surface area contributed by atoms with E-state index in [1.807, 2.05) is 0 Å². The molecule has 30 heavy (non-hydrogen) atoms. The van der Waals surface area contributed by atoms with E-state index in [1.165, 1.54) is 14.2 Å². The molecule has 0 aliphatic heterocycles. The Hall–Kier alpha value is -2.60. The van der Waals surface area contributed by atoms with E-state index in [-0.39, 0.29) is 18.9 Å². The highest BCUT2D eigenvalue weighted by atomic mass is 35.5. The van der Waals surface area contributed by atoms with Crippen LogP contribution in [-0.2, 0) is 19.1 Å². The Morgan fingerprint density at radius 3 is 2.33 bits per heavy atom. The zero-order chi connectivity index (χ0) is 22.9. The van der Waals surface area contributed by atoms with Crippen LogP contribution in [0.2, 0.25) is 5.02 Å². The number of halogens is 1. The van der Waals surface area contributed by atoms with Gasteiger partial charge in [-0.15, -0.1) is 0 Å². The van der Waals surface area contributed by atoms with E-state index in [1.54, 1.807) is 45.0 Å². The molecule has 0 spiro atoms. The summed E-state index contributed by atoms with van der Waals surface area (Å²) in [4.78, 5) is 36.8. The Morgan fingerprint density at radius 2 is 1.83 bits per heavy atom. The van der Waals surface area contributed by atoms with Crippen molar-refractivity contribution in [1.29, 1.82) is 0 Å². The van der Waals surface area contributed by atoms with Crippen molar-refractivity contribution in [2.75, 3.05) is 20.7 Å². The van der Waals surface area contributed by atoms with Crippen LogP contribution in [0.15, 0.2) is 24.3 Å². The van der Waals surface area contributed by atoms with Gasteiger partial charge in [-0.2, -0.15) is 0 Å². The molecule has 0 aliphatic rings. The molecule has 2 atom stereocenters. The topological polar surface area (TPSA) is 108 Å². The normalized spacial score (nSPS) is 12.8. The summed E-state index contributed by atoms with van der Waals surface area (Å²) in [5.74, 6) is 3.73. The van der Waals surface area contributed by atoms with Crippen LogP contribution in [0.1, 0.15) is 32.8 Å². The molecule has 0 fully saturated rings. The molecule has 3 N–H and O–H groups in total. The van der Waals surface area contributed by atoms with Gasteiger partial charge in [0, 0.05) is 24.7 Å². The van der Waals surface area contributed by atoms with Gasteiger partial charge in [0.25, 0.3) is 5.91 Å². The fourth-order valence-corrected chi connectivity index (χ4v) is 2.60. The summed E-state index contributed by atoms with van der Waals surface area (Å²) in [7, 11) is 2.73. The first-order valence-corrected chi connectivity index (χ1v) is 9.65. The molecule has 9 heteroatoms. The number of carbonyl (C=O) groups is 3. The van der Waals surface area contributed by atoms with E-state index in [9.17, 15) is 19.6 Å². The van der Waals surface area contributed by atoms with Crippen LogP contribution in [0.25, 0.3) is 0 Å². The average Bonchev–Trinajstić information content (AvgIpc) is 2.69. The molecule has 3 amide bonds. The molecule has 8 nitrogen and oxygen atoms in total. The number of benzene rings is 1. The number of hydrogen-bond acceptors (Lipinski definition) is 5. The third-order valence-electron chi connectivity index (χ3n) is 4.17. The third-order valence-corrected chi connectivity index (χ3v) is 4.42. The van der Waals surface area contributed by atoms with Crippen molar-refractivity contribution in [3.05, 3.63) is 34.9 Å². The second-order valence-corrected chi connectivity index (χ2v) is 8.05. The second kappa shape index (κ2) is 11.6. The first-order chi connectivity index (χ1) is 14.0. The Bertz CT molecular complexity index is 809. The highest BCUT2D eigenvalue weighted by molar-refractivity contribution is 6.30. The molecular formula is C21H28ClN3O5. The summed E-state index contributed by atoms with van der Waals surface area (Å²) in [6.45, 7) is 5.15. The molecular weight excluding hydrogens is 410 g/mol. The average molecular weight is 438 g/mol. The summed E-state index contributed by atoms with van der Waals surface area (Å²) >= 11 is 5.80. The molecule has 0 radical (unpaired) electrons. The number of nitrogens with one attached hydrogen (secondary N) is 2. The standard InChI is InChI=1S/C21H28ClN3O5/c1-21(2,3)18(19(27)23-4)24-17(26)13-16(30-5)20(28)25(29)12-6-7-14-8-10-15(22)11-9-14/h8-11,16,18,29H,12-13H2,1-5H3,(H,23,27)(H,24,26)/t16-,18+/m0/s1. The quantitative estimate of drug-likeness (QED) is 0.341. The number of carbonyl (C=O) groups excluding carboxylic acids is 3. The largest absolute Gasteiger partial charge is 0.371 e. The SMILES string of the molecule is CNC(=O)[C@@H](NC(=O)C[C@H](OC)C(=O)N(O)CC#Cc1ccc(Cl)cc1)C(C)(C)C. The molecule has 0 saturated carbocycles. The number of methoxy groups -OCH3 is 1. The third kappa shape index (κ3) is 8.03. The highest BCUT2D eigenvalue weighted by Crippen LogP contribution is 2.19. The molecule has 0 unspecified atom stereocenters. The van der Waals surface area contributed by atoms with Crippen molar-refractivity contribution in [3.8, 4) is 11.8 Å². The van der Waals surface area contributed by atoms with Gasteiger partial charge in [-0.25, -0.2) is 5.06 Å². The predicted molar refractivity (Wildman–Crippen MR) is 113 cm³/mol. The molecule has 1 aromatic rings. The van der Waals surface area contributed by atoms with Gasteiger partial charge in [0.05, 0.1) is 6.42 Å². The molecule has 0 heterocycles. The lowest BCUT2D eigenvalue weighted by atomic mass is 9.86. The molecule has 1 rings (SSSR count). The monoisotopic (exact) mass is 437 g/mol. The van der Waals surface area contributed by atoms with Gasteiger partial charge < -0.3 is 15.4 Å². The van der Waals surface area contributed by atoms with E-state index in [0.29, 0.717) is 15.6 Å². The van der Waals surface area contributed by atoms with Crippen LogP contribution in [0.5, 0.6) is 0 Å². The first kappa shape index (κ1) is 25.4. The Kier molecular flexibility index (Phi) is 9.79. The minimum atomic E-state index is -1.22. The van der Waals surface area contributed by atoms with Crippen LogP contribution in [0, 0.1) is 17.3 Å². The maximum atomic E-state index is 12.4. The molecule has 0 saturated heterocycles. The fourth-order valence-electron chi connectivity index (χ4n) is 2.47. The Balaban J connectivity index is 2.71. The van der Waals surface area contributed by atoms with Crippen LogP contribution in [-0.4, -0.2) is 60.8 Å². The smallest absolute Gasteiger partial charge is 0.276 e. The molecule has 1 aromatic carbocycles. The van der Waals surface area contributed by atoms with Gasteiger partial charge in [-0.3, -0.25) is 19.6 Å². The van der Waals surface area contributed by atoms with Gasteiger partial charge in [0.1, 0.15) is 18.7 Å². The molecule has 0 aliphatic carbocycles. The van der Waals surface area contributed by atoms with Crippen molar-refractivity contribution in [1.82, 2.24) is 15.7 Å². The van der Waals surface area contributed by atoms with Gasteiger partial charge >= 0.3 is 0 Å². The fraction of sp³-hybridized carbons (Fsp3) is 0.476. The molecule has 0 aromatic heterocycles. The number of rotatable bonds is 7. The number of nitrogens with zero attached hydrogens (tertiary/aromatic N) is 1. The van der Waals surface area contributed by atoms with E-state index in [2.05, 4.69) is 22.5 Å². The second-order valence-electron chi connectivity index (χ2n) is 7.61. The summed E-state index contributed by atoms with van der Waals surface area (Å²) in [5.41, 5.74) is 0.133. The highest BCUT2D eigenvalue weighted by Gasteiger charge is 2.33. The van der Waals surface area contributed by atoms with Gasteiger partial charge in [0.2, 0.25) is 11.8 Å². The van der Waals surface area contributed by atoms with Crippen molar-refractivity contribution in [2.24, 2.45) is 5.41 Å². The number of hydroxylamine groups is 2. The van der Waals surface area contributed by atoms with E-state index in [0.717, 1.165) is 0 Å². The molecule has 0 bridgehead atoms. The van der Waals surface area contributed by atoms with Crippen LogP contribution in [0.4, 0.5) is 0 Å². The van der Waals surface area contributed by atoms with E-state index < -0.39 is 29.4 Å². The Morgan fingerprint density at radius 1 is 1.23 bits per heavy atom. The zero-order valence-corrected chi connectivity index (χ0v) is 18.5.